The Balaban J connectivity index is 1.86. The third-order valence-corrected chi connectivity index (χ3v) is 4.39. The van der Waals surface area contributed by atoms with Gasteiger partial charge >= 0.3 is 0 Å². The van der Waals surface area contributed by atoms with Gasteiger partial charge in [-0.15, -0.1) is 0 Å². The van der Waals surface area contributed by atoms with Crippen LogP contribution in [0.15, 0.2) is 36.4 Å². The van der Waals surface area contributed by atoms with Crippen molar-refractivity contribution in [1.82, 2.24) is 4.90 Å². The van der Waals surface area contributed by atoms with E-state index < -0.39 is 0 Å². The molecule has 5 nitrogen and oxygen atoms in total. The molecule has 0 unspecified atom stereocenters. The Morgan fingerprint density at radius 3 is 2.50 bits per heavy atom. The molecule has 1 N–H and O–H groups in total. The maximum absolute atomic E-state index is 12.2. The van der Waals surface area contributed by atoms with Crippen molar-refractivity contribution in [3.8, 4) is 5.75 Å². The molecule has 0 aliphatic carbocycles. The number of halogens is 1. The van der Waals surface area contributed by atoms with Crippen molar-refractivity contribution in [3.63, 3.8) is 0 Å². The van der Waals surface area contributed by atoms with Gasteiger partial charge in [0.25, 0.3) is 5.91 Å². The number of rotatable bonds is 6. The van der Waals surface area contributed by atoms with Gasteiger partial charge in [-0.05, 0) is 61.7 Å². The van der Waals surface area contributed by atoms with Crippen LogP contribution in [0.2, 0.25) is 5.02 Å². The summed E-state index contributed by atoms with van der Waals surface area (Å²) in [5.74, 6) is 0.0269. The predicted octanol–water partition coefficient (Wildman–Crippen LogP) is 3.74. The predicted molar refractivity (Wildman–Crippen MR) is 104 cm³/mol. The zero-order valence-electron chi connectivity index (χ0n) is 15.4. The Hall–Kier alpha value is -2.53. The van der Waals surface area contributed by atoms with Crippen molar-refractivity contribution >= 4 is 29.1 Å². The summed E-state index contributed by atoms with van der Waals surface area (Å²) in [6, 6.07) is 11.0. The van der Waals surface area contributed by atoms with Crippen LogP contribution in [0.4, 0.5) is 5.69 Å². The number of amides is 2. The van der Waals surface area contributed by atoms with E-state index in [1.54, 1.807) is 25.2 Å². The molecule has 0 saturated carbocycles. The second-order valence-electron chi connectivity index (χ2n) is 6.32. The van der Waals surface area contributed by atoms with Crippen LogP contribution in [0.3, 0.4) is 0 Å². The molecular weight excluding hydrogens is 352 g/mol. The Bertz CT molecular complexity index is 821. The minimum absolute atomic E-state index is 0.0464. The van der Waals surface area contributed by atoms with E-state index in [-0.39, 0.29) is 25.0 Å². The van der Waals surface area contributed by atoms with Crippen LogP contribution in [0.1, 0.15) is 16.7 Å². The van der Waals surface area contributed by atoms with E-state index in [2.05, 4.69) is 5.32 Å². The van der Waals surface area contributed by atoms with Gasteiger partial charge in [-0.1, -0.05) is 23.7 Å². The number of anilines is 1. The van der Waals surface area contributed by atoms with Crippen LogP contribution < -0.4 is 10.1 Å². The third-order valence-electron chi connectivity index (χ3n) is 3.97. The lowest BCUT2D eigenvalue weighted by Crippen LogP contribution is -2.37. The highest BCUT2D eigenvalue weighted by atomic mass is 35.5. The monoisotopic (exact) mass is 374 g/mol. The van der Waals surface area contributed by atoms with Crippen molar-refractivity contribution in [2.75, 3.05) is 25.5 Å². The zero-order chi connectivity index (χ0) is 19.3. The zero-order valence-corrected chi connectivity index (χ0v) is 16.2. The van der Waals surface area contributed by atoms with Gasteiger partial charge in [0.1, 0.15) is 5.75 Å². The lowest BCUT2D eigenvalue weighted by molar-refractivity contribution is -0.135. The fourth-order valence-corrected chi connectivity index (χ4v) is 2.44. The number of ether oxygens (including phenoxy) is 1. The molecule has 6 heteroatoms. The summed E-state index contributed by atoms with van der Waals surface area (Å²) >= 11 is 5.96. The van der Waals surface area contributed by atoms with Gasteiger partial charge in [0.05, 0.1) is 6.54 Å². The molecular formula is C20H23ClN2O3. The van der Waals surface area contributed by atoms with Crippen molar-refractivity contribution in [1.29, 1.82) is 0 Å². The molecule has 0 bridgehead atoms. The average molecular weight is 375 g/mol. The van der Waals surface area contributed by atoms with Gasteiger partial charge < -0.3 is 15.0 Å². The summed E-state index contributed by atoms with van der Waals surface area (Å²) in [5.41, 5.74) is 3.66. The SMILES string of the molecule is Cc1ccc(C)c(NC(=O)CN(C)C(=O)COc2ccc(Cl)c(C)c2)c1. The van der Waals surface area contributed by atoms with Crippen LogP contribution >= 0.6 is 11.6 Å². The van der Waals surface area contributed by atoms with Gasteiger partial charge in [-0.2, -0.15) is 0 Å². The fraction of sp³-hybridized carbons (Fsp3) is 0.300. The first-order valence-electron chi connectivity index (χ1n) is 8.26. The second-order valence-corrected chi connectivity index (χ2v) is 6.72. The molecule has 0 aliphatic heterocycles. The van der Waals surface area contributed by atoms with Crippen molar-refractivity contribution in [3.05, 3.63) is 58.1 Å². The van der Waals surface area contributed by atoms with Crippen LogP contribution in [-0.4, -0.2) is 36.9 Å². The summed E-state index contributed by atoms with van der Waals surface area (Å²) in [4.78, 5) is 25.7. The van der Waals surface area contributed by atoms with E-state index in [1.165, 1.54) is 4.90 Å². The van der Waals surface area contributed by atoms with E-state index in [1.807, 2.05) is 39.0 Å². The molecule has 0 atom stereocenters. The first kappa shape index (κ1) is 19.8. The molecule has 0 aliphatic rings. The number of carbonyl (C=O) groups excluding carboxylic acids is 2. The second kappa shape index (κ2) is 8.72. The first-order chi connectivity index (χ1) is 12.3. The maximum atomic E-state index is 12.2. The summed E-state index contributed by atoms with van der Waals surface area (Å²) < 4.78 is 5.48. The molecule has 138 valence electrons. The van der Waals surface area contributed by atoms with Crippen LogP contribution in [-0.2, 0) is 9.59 Å². The number of aryl methyl sites for hydroxylation is 3. The largest absolute Gasteiger partial charge is 0.484 e. The standard InChI is InChI=1S/C20H23ClN2O3/c1-13-5-6-14(2)18(9-13)22-19(24)11-23(4)20(25)12-26-16-7-8-17(21)15(3)10-16/h5-10H,11-12H2,1-4H3,(H,22,24). The highest BCUT2D eigenvalue weighted by molar-refractivity contribution is 6.31. The minimum atomic E-state index is -0.284. The minimum Gasteiger partial charge on any atom is -0.484 e. The lowest BCUT2D eigenvalue weighted by atomic mass is 10.1. The smallest absolute Gasteiger partial charge is 0.260 e. The molecule has 2 amide bonds. The highest BCUT2D eigenvalue weighted by Gasteiger charge is 2.14. The summed E-state index contributed by atoms with van der Waals surface area (Å²) in [5, 5.41) is 3.48. The molecule has 2 aromatic rings. The van der Waals surface area contributed by atoms with Gasteiger partial charge in [-0.3, -0.25) is 9.59 Å². The summed E-state index contributed by atoms with van der Waals surface area (Å²) in [7, 11) is 1.57. The van der Waals surface area contributed by atoms with Gasteiger partial charge in [-0.25, -0.2) is 0 Å². The van der Waals surface area contributed by atoms with E-state index in [0.717, 1.165) is 22.4 Å². The van der Waals surface area contributed by atoms with Crippen LogP contribution in [0.25, 0.3) is 0 Å². The number of hydrogen-bond donors (Lipinski definition) is 1. The van der Waals surface area contributed by atoms with E-state index in [9.17, 15) is 9.59 Å². The number of likely N-dealkylation sites (N-methyl/N-ethyl adjacent to an activating group) is 1. The normalized spacial score (nSPS) is 10.3. The lowest BCUT2D eigenvalue weighted by Gasteiger charge is -2.18. The van der Waals surface area contributed by atoms with Crippen LogP contribution in [0, 0.1) is 20.8 Å². The highest BCUT2D eigenvalue weighted by Crippen LogP contribution is 2.21. The molecule has 0 aromatic heterocycles. The van der Waals surface area contributed by atoms with Crippen molar-refractivity contribution in [2.24, 2.45) is 0 Å². The van der Waals surface area contributed by atoms with Gasteiger partial charge in [0, 0.05) is 17.8 Å². The summed E-state index contributed by atoms with van der Waals surface area (Å²) in [6.45, 7) is 5.55. The molecule has 26 heavy (non-hydrogen) atoms. The summed E-state index contributed by atoms with van der Waals surface area (Å²) in [6.07, 6.45) is 0. The Morgan fingerprint density at radius 1 is 1.08 bits per heavy atom. The van der Waals surface area contributed by atoms with E-state index in [0.29, 0.717) is 10.8 Å². The number of carbonyl (C=O) groups is 2. The van der Waals surface area contributed by atoms with Crippen molar-refractivity contribution < 1.29 is 14.3 Å². The molecule has 0 fully saturated rings. The topological polar surface area (TPSA) is 58.6 Å². The maximum Gasteiger partial charge on any atom is 0.260 e. The number of benzene rings is 2. The number of hydrogen-bond acceptors (Lipinski definition) is 3. The molecule has 2 aromatic carbocycles. The third kappa shape index (κ3) is 5.49. The Morgan fingerprint density at radius 2 is 1.81 bits per heavy atom. The molecule has 0 heterocycles. The average Bonchev–Trinajstić information content (AvgIpc) is 2.58. The number of nitrogens with one attached hydrogen (secondary N) is 1. The quantitative estimate of drug-likeness (QED) is 0.837. The van der Waals surface area contributed by atoms with Gasteiger partial charge in [0.15, 0.2) is 6.61 Å². The van der Waals surface area contributed by atoms with E-state index >= 15 is 0 Å². The molecule has 0 spiro atoms. The molecule has 2 rings (SSSR count). The molecule has 0 radical (unpaired) electrons. The van der Waals surface area contributed by atoms with Gasteiger partial charge in [0.2, 0.25) is 5.91 Å². The van der Waals surface area contributed by atoms with Crippen LogP contribution in [0.5, 0.6) is 5.75 Å². The van der Waals surface area contributed by atoms with E-state index in [4.69, 9.17) is 16.3 Å². The molecule has 0 saturated heterocycles. The Kier molecular flexibility index (Phi) is 6.64. The first-order valence-corrected chi connectivity index (χ1v) is 8.64. The Labute approximate surface area is 158 Å². The number of nitrogens with zero attached hydrogens (tertiary/aromatic N) is 1. The van der Waals surface area contributed by atoms with Crippen molar-refractivity contribution in [2.45, 2.75) is 20.8 Å². The fourth-order valence-electron chi connectivity index (χ4n) is 2.33.